The second-order valence-corrected chi connectivity index (χ2v) is 15.2. The minimum atomic E-state index is -0.0744. The van der Waals surface area contributed by atoms with Crippen LogP contribution in [0.15, 0.2) is 170 Å². The van der Waals surface area contributed by atoms with E-state index in [2.05, 4.69) is 188 Å². The fourth-order valence-corrected chi connectivity index (χ4v) is 7.96. The Labute approximate surface area is 314 Å². The first-order valence-corrected chi connectivity index (χ1v) is 18.6. The molecule has 258 valence electrons. The Morgan fingerprint density at radius 3 is 2.13 bits per heavy atom. The minimum absolute atomic E-state index is 0.0744. The molecule has 0 saturated carbocycles. The Bertz CT molecular complexity index is 3030. The van der Waals surface area contributed by atoms with Crippen LogP contribution in [0.25, 0.3) is 94.2 Å². The number of nitrogens with zero attached hydrogens (tertiary/aromatic N) is 3. The van der Waals surface area contributed by atoms with Crippen molar-refractivity contribution in [2.45, 2.75) is 26.2 Å². The summed E-state index contributed by atoms with van der Waals surface area (Å²) in [6.45, 7) is 6.86. The number of pyridine rings is 1. The van der Waals surface area contributed by atoms with Crippen LogP contribution in [0.2, 0.25) is 0 Å². The lowest BCUT2D eigenvalue weighted by molar-refractivity contribution is 0.591. The molecule has 0 fully saturated rings. The van der Waals surface area contributed by atoms with Crippen molar-refractivity contribution in [1.29, 1.82) is 0 Å². The van der Waals surface area contributed by atoms with Crippen LogP contribution in [0.4, 0.5) is 0 Å². The van der Waals surface area contributed by atoms with E-state index >= 15 is 0 Å². The van der Waals surface area contributed by atoms with Crippen molar-refractivity contribution < 1.29 is 0 Å². The summed E-state index contributed by atoms with van der Waals surface area (Å²) in [6, 6.07) is 58.5. The number of rotatable bonds is 5. The van der Waals surface area contributed by atoms with Crippen LogP contribution in [-0.2, 0) is 5.41 Å². The van der Waals surface area contributed by atoms with Crippen molar-refractivity contribution in [3.8, 4) is 50.6 Å². The Balaban J connectivity index is 1.24. The molecule has 3 aromatic heterocycles. The highest BCUT2D eigenvalue weighted by Crippen LogP contribution is 2.42. The molecule has 4 nitrogen and oxygen atoms in total. The number of para-hydroxylation sites is 2. The van der Waals surface area contributed by atoms with Gasteiger partial charge >= 0.3 is 0 Å². The largest absolute Gasteiger partial charge is 0.354 e. The number of aromatic nitrogens is 4. The van der Waals surface area contributed by atoms with Crippen LogP contribution in [0.3, 0.4) is 0 Å². The van der Waals surface area contributed by atoms with Gasteiger partial charge < -0.3 is 4.98 Å². The van der Waals surface area contributed by atoms with E-state index in [4.69, 9.17) is 9.97 Å². The van der Waals surface area contributed by atoms with E-state index in [0.29, 0.717) is 0 Å². The third-order valence-electron chi connectivity index (χ3n) is 10.8. The van der Waals surface area contributed by atoms with Gasteiger partial charge in [0.25, 0.3) is 0 Å². The Kier molecular flexibility index (Phi) is 7.34. The van der Waals surface area contributed by atoms with E-state index in [1.165, 1.54) is 32.7 Å². The van der Waals surface area contributed by atoms with Crippen molar-refractivity contribution in [1.82, 2.24) is 19.5 Å². The molecule has 0 amide bonds. The monoisotopic (exact) mass is 694 g/mol. The second kappa shape index (κ2) is 12.4. The van der Waals surface area contributed by atoms with Gasteiger partial charge in [0.2, 0.25) is 0 Å². The smallest absolute Gasteiger partial charge is 0.147 e. The average Bonchev–Trinajstić information content (AvgIpc) is 3.79. The molecule has 7 aromatic carbocycles. The molecule has 0 spiro atoms. The van der Waals surface area contributed by atoms with Crippen molar-refractivity contribution in [2.24, 2.45) is 0 Å². The molecule has 0 bridgehead atoms. The molecule has 0 aliphatic carbocycles. The quantitative estimate of drug-likeness (QED) is 0.195. The van der Waals surface area contributed by atoms with Crippen molar-refractivity contribution >= 4 is 43.6 Å². The first-order chi connectivity index (χ1) is 26.4. The van der Waals surface area contributed by atoms with Gasteiger partial charge in [-0.05, 0) is 81.6 Å². The van der Waals surface area contributed by atoms with Gasteiger partial charge in [-0.2, -0.15) is 0 Å². The highest BCUT2D eigenvalue weighted by molar-refractivity contribution is 6.12. The third kappa shape index (κ3) is 5.30. The van der Waals surface area contributed by atoms with E-state index in [0.717, 1.165) is 67.1 Å². The SMILES string of the molecule is CC(C)(C)c1cc(-c2nc3c(-c4cccc(-c5cc(-c6ccccc6)ccn5)c4)cccc3n2-c2cccc3ccccc23)c2[nH]c3ccccc3c2c1. The summed E-state index contributed by atoms with van der Waals surface area (Å²) in [5.41, 5.74) is 14.1. The standard InChI is InChI=1S/C50H38N4/c1-50(2,3)37-30-41-40-21-9-10-23-43(40)52-47(41)42(31-37)49-53-48-39(22-13-25-46(48)54(49)45-24-12-17-33-16-7-8-20-38(33)45)35-18-11-19-36(28-35)44-29-34(26-27-51-44)32-14-5-4-6-15-32/h4-31,52H,1-3H3. The van der Waals surface area contributed by atoms with Crippen molar-refractivity contribution in [2.75, 3.05) is 0 Å². The predicted molar refractivity (Wildman–Crippen MR) is 226 cm³/mol. The summed E-state index contributed by atoms with van der Waals surface area (Å²) in [4.78, 5) is 14.3. The Morgan fingerprint density at radius 2 is 1.26 bits per heavy atom. The third-order valence-corrected chi connectivity index (χ3v) is 10.8. The fraction of sp³-hybridized carbons (Fsp3) is 0.0800. The number of imidazole rings is 1. The minimum Gasteiger partial charge on any atom is -0.354 e. The zero-order chi connectivity index (χ0) is 36.4. The molecule has 0 aliphatic rings. The molecule has 0 unspecified atom stereocenters. The topological polar surface area (TPSA) is 46.5 Å². The highest BCUT2D eigenvalue weighted by atomic mass is 15.1. The first-order valence-electron chi connectivity index (χ1n) is 18.6. The van der Waals surface area contributed by atoms with E-state index in [-0.39, 0.29) is 5.41 Å². The molecular weight excluding hydrogens is 657 g/mol. The molecular formula is C50H38N4. The molecule has 3 heterocycles. The predicted octanol–water partition coefficient (Wildman–Crippen LogP) is 13.2. The van der Waals surface area contributed by atoms with Crippen LogP contribution < -0.4 is 0 Å². The zero-order valence-corrected chi connectivity index (χ0v) is 30.5. The van der Waals surface area contributed by atoms with Gasteiger partial charge in [-0.3, -0.25) is 9.55 Å². The van der Waals surface area contributed by atoms with Crippen LogP contribution in [-0.4, -0.2) is 19.5 Å². The van der Waals surface area contributed by atoms with E-state index in [1.54, 1.807) is 0 Å². The van der Waals surface area contributed by atoms with Gasteiger partial charge in [-0.1, -0.05) is 136 Å². The molecule has 10 aromatic rings. The molecule has 0 saturated heterocycles. The maximum atomic E-state index is 5.67. The average molecular weight is 695 g/mol. The lowest BCUT2D eigenvalue weighted by Crippen LogP contribution is -2.11. The number of hydrogen-bond donors (Lipinski definition) is 1. The van der Waals surface area contributed by atoms with Crippen LogP contribution in [0.5, 0.6) is 0 Å². The van der Waals surface area contributed by atoms with Crippen LogP contribution in [0, 0.1) is 0 Å². The second-order valence-electron chi connectivity index (χ2n) is 15.2. The molecule has 54 heavy (non-hydrogen) atoms. The number of H-pyrrole nitrogens is 1. The summed E-state index contributed by atoms with van der Waals surface area (Å²) in [5.74, 6) is 0.907. The summed E-state index contributed by atoms with van der Waals surface area (Å²) < 4.78 is 2.38. The van der Waals surface area contributed by atoms with Gasteiger partial charge in [0.05, 0.1) is 27.9 Å². The Morgan fingerprint density at radius 1 is 0.537 bits per heavy atom. The number of hydrogen-bond acceptors (Lipinski definition) is 2. The number of fused-ring (bicyclic) bond motifs is 5. The lowest BCUT2D eigenvalue weighted by atomic mass is 9.85. The summed E-state index contributed by atoms with van der Waals surface area (Å²) >= 11 is 0. The summed E-state index contributed by atoms with van der Waals surface area (Å²) in [5, 5.41) is 4.80. The molecule has 1 N–H and O–H groups in total. The number of benzene rings is 7. The van der Waals surface area contributed by atoms with Gasteiger partial charge in [-0.25, -0.2) is 4.98 Å². The van der Waals surface area contributed by atoms with E-state index in [1.807, 2.05) is 12.3 Å². The number of aromatic amines is 1. The molecule has 10 rings (SSSR count). The van der Waals surface area contributed by atoms with Gasteiger partial charge in [0.1, 0.15) is 5.82 Å². The van der Waals surface area contributed by atoms with Crippen molar-refractivity contribution in [3.05, 3.63) is 176 Å². The maximum Gasteiger partial charge on any atom is 0.147 e. The fourth-order valence-electron chi connectivity index (χ4n) is 7.96. The Hall–Kier alpha value is -6.78. The number of nitrogens with one attached hydrogen (secondary N) is 1. The van der Waals surface area contributed by atoms with Crippen LogP contribution in [0.1, 0.15) is 26.3 Å². The molecule has 4 heteroatoms. The van der Waals surface area contributed by atoms with Crippen molar-refractivity contribution in [3.63, 3.8) is 0 Å². The highest BCUT2D eigenvalue weighted by Gasteiger charge is 2.25. The van der Waals surface area contributed by atoms with Gasteiger partial charge in [-0.15, -0.1) is 0 Å². The van der Waals surface area contributed by atoms with Crippen LogP contribution >= 0.6 is 0 Å². The normalized spacial score (nSPS) is 12.0. The molecule has 0 atom stereocenters. The molecule has 0 radical (unpaired) electrons. The van der Waals surface area contributed by atoms with E-state index in [9.17, 15) is 0 Å². The summed E-state index contributed by atoms with van der Waals surface area (Å²) in [6.07, 6.45) is 1.90. The molecule has 0 aliphatic heterocycles. The zero-order valence-electron chi connectivity index (χ0n) is 30.5. The maximum absolute atomic E-state index is 5.67. The lowest BCUT2D eigenvalue weighted by Gasteiger charge is -2.21. The first kappa shape index (κ1) is 31.9. The summed E-state index contributed by atoms with van der Waals surface area (Å²) in [7, 11) is 0. The van der Waals surface area contributed by atoms with Gasteiger partial charge in [0.15, 0.2) is 0 Å². The van der Waals surface area contributed by atoms with Gasteiger partial charge in [0, 0.05) is 44.6 Å². The van der Waals surface area contributed by atoms with E-state index < -0.39 is 0 Å².